The van der Waals surface area contributed by atoms with Crippen molar-refractivity contribution in [3.63, 3.8) is 0 Å². The lowest BCUT2D eigenvalue weighted by Crippen LogP contribution is -2.27. The van der Waals surface area contributed by atoms with Crippen molar-refractivity contribution < 1.29 is 4.74 Å². The molecular formula is C14H26N2O. The number of rotatable bonds is 7. The smallest absolute Gasteiger partial charge is 0.0684 e. The Hall–Kier alpha value is -0.590. The van der Waals surface area contributed by atoms with Crippen LogP contribution in [0.3, 0.4) is 0 Å². The third-order valence-corrected chi connectivity index (χ3v) is 3.41. The molecule has 1 aliphatic rings. The summed E-state index contributed by atoms with van der Waals surface area (Å²) < 4.78 is 5.81. The molecule has 98 valence electrons. The molecule has 0 aromatic heterocycles. The highest BCUT2D eigenvalue weighted by molar-refractivity contribution is 4.91. The number of nitrogens with one attached hydrogen (secondary N) is 1. The van der Waals surface area contributed by atoms with E-state index in [4.69, 9.17) is 10.00 Å². The number of nitrogens with zero attached hydrogens (tertiary/aromatic N) is 1. The van der Waals surface area contributed by atoms with Crippen molar-refractivity contribution in [3.8, 4) is 6.07 Å². The van der Waals surface area contributed by atoms with E-state index in [1.165, 1.54) is 32.1 Å². The van der Waals surface area contributed by atoms with Crippen LogP contribution in [0.5, 0.6) is 0 Å². The van der Waals surface area contributed by atoms with Gasteiger partial charge in [-0.2, -0.15) is 5.26 Å². The summed E-state index contributed by atoms with van der Waals surface area (Å²) in [5, 5.41) is 12.2. The summed E-state index contributed by atoms with van der Waals surface area (Å²) in [5.41, 5.74) is -0.211. The van der Waals surface area contributed by atoms with Gasteiger partial charge < -0.3 is 10.1 Å². The average molecular weight is 238 g/mol. The summed E-state index contributed by atoms with van der Waals surface area (Å²) in [6.07, 6.45) is 7.90. The van der Waals surface area contributed by atoms with Gasteiger partial charge in [0.15, 0.2) is 0 Å². The van der Waals surface area contributed by atoms with Gasteiger partial charge in [0.2, 0.25) is 0 Å². The van der Waals surface area contributed by atoms with Gasteiger partial charge >= 0.3 is 0 Å². The first kappa shape index (κ1) is 14.5. The third kappa shape index (κ3) is 6.65. The second-order valence-electron chi connectivity index (χ2n) is 5.63. The van der Waals surface area contributed by atoms with E-state index in [2.05, 4.69) is 11.4 Å². The first-order valence-electron chi connectivity index (χ1n) is 6.88. The minimum atomic E-state index is -0.211. The molecule has 1 N–H and O–H groups in total. The van der Waals surface area contributed by atoms with Crippen LogP contribution in [-0.2, 0) is 4.74 Å². The van der Waals surface area contributed by atoms with Crippen molar-refractivity contribution >= 4 is 0 Å². The lowest BCUT2D eigenvalue weighted by molar-refractivity contribution is 0.0302. The van der Waals surface area contributed by atoms with Gasteiger partial charge in [0.05, 0.1) is 24.2 Å². The Morgan fingerprint density at radius 2 is 1.94 bits per heavy atom. The van der Waals surface area contributed by atoms with Crippen molar-refractivity contribution in [1.29, 1.82) is 5.26 Å². The minimum absolute atomic E-state index is 0.211. The fourth-order valence-corrected chi connectivity index (χ4v) is 2.11. The van der Waals surface area contributed by atoms with Crippen LogP contribution in [0.4, 0.5) is 0 Å². The first-order valence-corrected chi connectivity index (χ1v) is 6.88. The Labute approximate surface area is 106 Å². The Balaban J connectivity index is 1.92. The van der Waals surface area contributed by atoms with E-state index in [0.29, 0.717) is 6.10 Å². The van der Waals surface area contributed by atoms with Crippen molar-refractivity contribution in [2.75, 3.05) is 19.7 Å². The van der Waals surface area contributed by atoms with Crippen molar-refractivity contribution in [3.05, 3.63) is 0 Å². The van der Waals surface area contributed by atoms with Gasteiger partial charge in [-0.3, -0.25) is 0 Å². The van der Waals surface area contributed by atoms with Crippen molar-refractivity contribution in [1.82, 2.24) is 5.32 Å². The highest BCUT2D eigenvalue weighted by Crippen LogP contribution is 2.20. The van der Waals surface area contributed by atoms with Gasteiger partial charge in [0.25, 0.3) is 0 Å². The Kier molecular flexibility index (Phi) is 6.54. The summed E-state index contributed by atoms with van der Waals surface area (Å²) in [6, 6.07) is 2.31. The van der Waals surface area contributed by atoms with Gasteiger partial charge in [-0.15, -0.1) is 0 Å². The lowest BCUT2D eigenvalue weighted by Gasteiger charge is -2.22. The quantitative estimate of drug-likeness (QED) is 0.694. The molecule has 1 saturated carbocycles. The second kappa shape index (κ2) is 7.68. The van der Waals surface area contributed by atoms with Gasteiger partial charge in [-0.1, -0.05) is 19.3 Å². The maximum Gasteiger partial charge on any atom is 0.0684 e. The molecule has 17 heavy (non-hydrogen) atoms. The molecule has 0 aromatic rings. The molecule has 0 atom stereocenters. The summed E-state index contributed by atoms with van der Waals surface area (Å²) in [6.45, 7) is 6.56. The van der Waals surface area contributed by atoms with Gasteiger partial charge in [0, 0.05) is 6.54 Å². The zero-order chi connectivity index (χ0) is 12.6. The van der Waals surface area contributed by atoms with E-state index in [0.717, 1.165) is 26.1 Å². The largest absolute Gasteiger partial charge is 0.377 e. The number of hydrogen-bond acceptors (Lipinski definition) is 3. The van der Waals surface area contributed by atoms with Gasteiger partial charge in [-0.25, -0.2) is 0 Å². The predicted molar refractivity (Wildman–Crippen MR) is 69.7 cm³/mol. The molecule has 0 radical (unpaired) electrons. The third-order valence-electron chi connectivity index (χ3n) is 3.41. The number of nitriles is 1. The van der Waals surface area contributed by atoms with E-state index in [1.54, 1.807) is 0 Å². The Bertz CT molecular complexity index is 239. The molecule has 0 saturated heterocycles. The van der Waals surface area contributed by atoms with Gasteiger partial charge in [-0.05, 0) is 39.7 Å². The summed E-state index contributed by atoms with van der Waals surface area (Å²) in [4.78, 5) is 0. The number of ether oxygens (including phenoxy) is 1. The molecule has 0 bridgehead atoms. The zero-order valence-electron chi connectivity index (χ0n) is 11.3. The van der Waals surface area contributed by atoms with Crippen LogP contribution >= 0.6 is 0 Å². The van der Waals surface area contributed by atoms with Crippen LogP contribution in [-0.4, -0.2) is 25.8 Å². The lowest BCUT2D eigenvalue weighted by atomic mass is 9.92. The van der Waals surface area contributed by atoms with Crippen LogP contribution in [0.2, 0.25) is 0 Å². The average Bonchev–Trinajstić information content (AvgIpc) is 2.35. The summed E-state index contributed by atoms with van der Waals surface area (Å²) in [5.74, 6) is 0. The summed E-state index contributed by atoms with van der Waals surface area (Å²) >= 11 is 0. The fourth-order valence-electron chi connectivity index (χ4n) is 2.11. The molecule has 0 aliphatic heterocycles. The maximum atomic E-state index is 8.86. The molecule has 0 heterocycles. The van der Waals surface area contributed by atoms with E-state index in [9.17, 15) is 0 Å². The monoisotopic (exact) mass is 238 g/mol. The molecule has 1 aliphatic carbocycles. The molecule has 0 aromatic carbocycles. The SMILES string of the molecule is CC(C)(C#N)CCNCCOC1CCCCC1. The van der Waals surface area contributed by atoms with Crippen molar-refractivity contribution in [2.45, 2.75) is 58.5 Å². The topological polar surface area (TPSA) is 45.0 Å². The molecule has 0 spiro atoms. The van der Waals surface area contributed by atoms with Crippen LogP contribution < -0.4 is 5.32 Å². The van der Waals surface area contributed by atoms with Crippen molar-refractivity contribution in [2.24, 2.45) is 5.41 Å². The summed E-state index contributed by atoms with van der Waals surface area (Å²) in [7, 11) is 0. The van der Waals surface area contributed by atoms with E-state index in [1.807, 2.05) is 13.8 Å². The van der Waals surface area contributed by atoms with Crippen LogP contribution in [0.25, 0.3) is 0 Å². The maximum absolute atomic E-state index is 8.86. The molecular weight excluding hydrogens is 212 g/mol. The molecule has 3 heteroatoms. The Morgan fingerprint density at radius 3 is 2.59 bits per heavy atom. The molecule has 1 rings (SSSR count). The minimum Gasteiger partial charge on any atom is -0.377 e. The molecule has 3 nitrogen and oxygen atoms in total. The second-order valence-corrected chi connectivity index (χ2v) is 5.63. The van der Waals surface area contributed by atoms with Crippen LogP contribution in [0, 0.1) is 16.7 Å². The molecule has 0 unspecified atom stereocenters. The Morgan fingerprint density at radius 1 is 1.24 bits per heavy atom. The predicted octanol–water partition coefficient (Wildman–Crippen LogP) is 2.87. The van der Waals surface area contributed by atoms with E-state index in [-0.39, 0.29) is 5.41 Å². The highest BCUT2D eigenvalue weighted by atomic mass is 16.5. The fraction of sp³-hybridized carbons (Fsp3) is 0.929. The van der Waals surface area contributed by atoms with Crippen LogP contribution in [0.15, 0.2) is 0 Å². The van der Waals surface area contributed by atoms with Crippen LogP contribution in [0.1, 0.15) is 52.4 Å². The normalized spacial score (nSPS) is 17.9. The first-order chi connectivity index (χ1) is 8.14. The van der Waals surface area contributed by atoms with E-state index < -0.39 is 0 Å². The highest BCUT2D eigenvalue weighted by Gasteiger charge is 2.15. The van der Waals surface area contributed by atoms with E-state index >= 15 is 0 Å². The standard InChI is InChI=1S/C14H26N2O/c1-14(2,12-15)8-9-16-10-11-17-13-6-4-3-5-7-13/h13,16H,3-11H2,1-2H3. The molecule has 0 amide bonds. The zero-order valence-corrected chi connectivity index (χ0v) is 11.3. The van der Waals surface area contributed by atoms with Gasteiger partial charge in [0.1, 0.15) is 0 Å². The number of hydrogen-bond donors (Lipinski definition) is 1. The molecule has 1 fully saturated rings.